The number of nitriles is 1. The Hall–Kier alpha value is -1.99. The smallest absolute Gasteiger partial charge is 0.138 e. The molecule has 1 aromatic rings. The molecule has 0 saturated heterocycles. The number of azide groups is 1. The lowest BCUT2D eigenvalue weighted by molar-refractivity contribution is 0.733. The van der Waals surface area contributed by atoms with Gasteiger partial charge in [-0.2, -0.15) is 10.4 Å². The monoisotopic (exact) mass is 162 g/mol. The molecule has 1 heterocycles. The standard InChI is InChI=1S/C6H6N6/c1-12-6(3-7)2-5(10-12)4-9-11-8/h2H,4H2,1H3. The van der Waals surface area contributed by atoms with Gasteiger partial charge in [0.25, 0.3) is 0 Å². The maximum absolute atomic E-state index is 8.54. The lowest BCUT2D eigenvalue weighted by atomic mass is 10.4. The number of hydrogen-bond acceptors (Lipinski definition) is 3. The van der Waals surface area contributed by atoms with Crippen molar-refractivity contribution in [2.45, 2.75) is 6.54 Å². The third-order valence-corrected chi connectivity index (χ3v) is 1.34. The molecule has 60 valence electrons. The zero-order valence-electron chi connectivity index (χ0n) is 6.47. The largest absolute Gasteiger partial charge is 0.258 e. The average molecular weight is 162 g/mol. The quantitative estimate of drug-likeness (QED) is 0.370. The molecule has 0 amide bonds. The minimum atomic E-state index is 0.187. The first-order chi connectivity index (χ1) is 5.77. The van der Waals surface area contributed by atoms with Crippen molar-refractivity contribution in [1.29, 1.82) is 5.26 Å². The van der Waals surface area contributed by atoms with Crippen LogP contribution in [0.4, 0.5) is 0 Å². The molecule has 0 spiro atoms. The van der Waals surface area contributed by atoms with Crippen molar-refractivity contribution >= 4 is 0 Å². The molecule has 0 aliphatic carbocycles. The van der Waals surface area contributed by atoms with E-state index in [1.54, 1.807) is 13.1 Å². The van der Waals surface area contributed by atoms with Crippen LogP contribution in [0.5, 0.6) is 0 Å². The maximum atomic E-state index is 8.54. The minimum absolute atomic E-state index is 0.187. The topological polar surface area (TPSA) is 90.4 Å². The van der Waals surface area contributed by atoms with Crippen molar-refractivity contribution in [3.05, 3.63) is 27.9 Å². The Balaban J connectivity index is 2.90. The van der Waals surface area contributed by atoms with Gasteiger partial charge in [-0.25, -0.2) is 0 Å². The van der Waals surface area contributed by atoms with Crippen molar-refractivity contribution in [3.63, 3.8) is 0 Å². The maximum Gasteiger partial charge on any atom is 0.138 e. The predicted octanol–water partition coefficient (Wildman–Crippen LogP) is 1.10. The van der Waals surface area contributed by atoms with E-state index in [9.17, 15) is 0 Å². The van der Waals surface area contributed by atoms with Crippen LogP contribution < -0.4 is 0 Å². The van der Waals surface area contributed by atoms with Crippen molar-refractivity contribution in [3.8, 4) is 6.07 Å². The second-order valence-electron chi connectivity index (χ2n) is 2.15. The van der Waals surface area contributed by atoms with Gasteiger partial charge in [0.1, 0.15) is 11.8 Å². The second kappa shape index (κ2) is 3.42. The Kier molecular flexibility index (Phi) is 2.31. The first-order valence-electron chi connectivity index (χ1n) is 3.22. The summed E-state index contributed by atoms with van der Waals surface area (Å²) in [6, 6.07) is 3.55. The lowest BCUT2D eigenvalue weighted by Crippen LogP contribution is -1.93. The first-order valence-corrected chi connectivity index (χ1v) is 3.22. The SMILES string of the molecule is Cn1nc(CN=[N+]=[N-])cc1C#N. The van der Waals surface area contributed by atoms with E-state index in [4.69, 9.17) is 10.8 Å². The molecule has 12 heavy (non-hydrogen) atoms. The molecule has 0 radical (unpaired) electrons. The van der Waals surface area contributed by atoms with Crippen LogP contribution in [0.1, 0.15) is 11.4 Å². The highest BCUT2D eigenvalue weighted by molar-refractivity contribution is 5.22. The van der Waals surface area contributed by atoms with Gasteiger partial charge in [0.05, 0.1) is 12.2 Å². The summed E-state index contributed by atoms with van der Waals surface area (Å²) in [5.41, 5.74) is 9.08. The van der Waals surface area contributed by atoms with E-state index < -0.39 is 0 Å². The summed E-state index contributed by atoms with van der Waals surface area (Å²) < 4.78 is 1.45. The van der Waals surface area contributed by atoms with E-state index >= 15 is 0 Å². The minimum Gasteiger partial charge on any atom is -0.258 e. The number of rotatable bonds is 2. The summed E-state index contributed by atoms with van der Waals surface area (Å²) in [4.78, 5) is 2.59. The third kappa shape index (κ3) is 1.54. The van der Waals surface area contributed by atoms with Crippen LogP contribution >= 0.6 is 0 Å². The summed E-state index contributed by atoms with van der Waals surface area (Å²) in [5, 5.41) is 15.8. The zero-order chi connectivity index (χ0) is 8.97. The van der Waals surface area contributed by atoms with Crippen molar-refractivity contribution in [2.75, 3.05) is 0 Å². The fourth-order valence-electron chi connectivity index (χ4n) is 0.813. The van der Waals surface area contributed by atoms with Crippen LogP contribution in [0.25, 0.3) is 10.4 Å². The Morgan fingerprint density at radius 1 is 1.92 bits per heavy atom. The molecule has 0 aliphatic rings. The van der Waals surface area contributed by atoms with E-state index in [0.29, 0.717) is 11.4 Å². The van der Waals surface area contributed by atoms with Gasteiger partial charge >= 0.3 is 0 Å². The van der Waals surface area contributed by atoms with E-state index in [-0.39, 0.29) is 6.54 Å². The molecule has 0 N–H and O–H groups in total. The summed E-state index contributed by atoms with van der Waals surface area (Å²) >= 11 is 0. The van der Waals surface area contributed by atoms with Gasteiger partial charge in [-0.15, -0.1) is 0 Å². The van der Waals surface area contributed by atoms with E-state index in [0.717, 1.165) is 0 Å². The van der Waals surface area contributed by atoms with Gasteiger partial charge in [0, 0.05) is 12.0 Å². The molecular weight excluding hydrogens is 156 g/mol. The highest BCUT2D eigenvalue weighted by Crippen LogP contribution is 2.02. The summed E-state index contributed by atoms with van der Waals surface area (Å²) in [7, 11) is 1.66. The number of hydrogen-bond donors (Lipinski definition) is 0. The molecule has 6 heteroatoms. The summed E-state index contributed by atoms with van der Waals surface area (Å²) in [6.45, 7) is 0.187. The number of nitrogens with zero attached hydrogens (tertiary/aromatic N) is 6. The molecule has 6 nitrogen and oxygen atoms in total. The van der Waals surface area contributed by atoms with Crippen LogP contribution in [-0.2, 0) is 13.6 Å². The number of aryl methyl sites for hydroxylation is 1. The van der Waals surface area contributed by atoms with Gasteiger partial charge in [0.2, 0.25) is 0 Å². The number of aromatic nitrogens is 2. The van der Waals surface area contributed by atoms with Crippen LogP contribution in [-0.4, -0.2) is 9.78 Å². The molecule has 0 unspecified atom stereocenters. The predicted molar refractivity (Wildman–Crippen MR) is 40.8 cm³/mol. The Morgan fingerprint density at radius 3 is 3.17 bits per heavy atom. The summed E-state index contributed by atoms with van der Waals surface area (Å²) in [5.74, 6) is 0. The zero-order valence-corrected chi connectivity index (χ0v) is 6.47. The normalized spacial score (nSPS) is 8.67. The van der Waals surface area contributed by atoms with Crippen LogP contribution in [0.15, 0.2) is 11.2 Å². The molecule has 0 aromatic carbocycles. The third-order valence-electron chi connectivity index (χ3n) is 1.34. The van der Waals surface area contributed by atoms with Gasteiger partial charge in [0.15, 0.2) is 0 Å². The van der Waals surface area contributed by atoms with Crippen molar-refractivity contribution < 1.29 is 0 Å². The van der Waals surface area contributed by atoms with Gasteiger partial charge in [-0.1, -0.05) is 5.11 Å². The molecule has 1 rings (SSSR count). The Morgan fingerprint density at radius 2 is 2.67 bits per heavy atom. The van der Waals surface area contributed by atoms with Crippen LogP contribution in [0, 0.1) is 11.3 Å². The lowest BCUT2D eigenvalue weighted by Gasteiger charge is -1.86. The fourth-order valence-corrected chi connectivity index (χ4v) is 0.813. The van der Waals surface area contributed by atoms with Crippen LogP contribution in [0.2, 0.25) is 0 Å². The highest BCUT2D eigenvalue weighted by Gasteiger charge is 2.01. The molecule has 1 aromatic heterocycles. The molecule has 0 bridgehead atoms. The van der Waals surface area contributed by atoms with E-state index in [1.165, 1.54) is 4.68 Å². The van der Waals surface area contributed by atoms with E-state index in [1.807, 2.05) is 6.07 Å². The average Bonchev–Trinajstić information content (AvgIpc) is 2.43. The first kappa shape index (κ1) is 8.11. The van der Waals surface area contributed by atoms with E-state index in [2.05, 4.69) is 15.1 Å². The van der Waals surface area contributed by atoms with Gasteiger partial charge < -0.3 is 0 Å². The molecular formula is C6H6N6. The molecule has 0 atom stereocenters. The summed E-state index contributed by atoms with van der Waals surface area (Å²) in [6.07, 6.45) is 0. The Labute approximate surface area is 68.7 Å². The Bertz CT molecular complexity index is 364. The molecule has 0 saturated carbocycles. The van der Waals surface area contributed by atoms with Gasteiger partial charge in [-0.3, -0.25) is 4.68 Å². The van der Waals surface area contributed by atoms with Crippen molar-refractivity contribution in [2.24, 2.45) is 12.2 Å². The highest BCUT2D eigenvalue weighted by atomic mass is 15.3. The van der Waals surface area contributed by atoms with Crippen molar-refractivity contribution in [1.82, 2.24) is 9.78 Å². The second-order valence-corrected chi connectivity index (χ2v) is 2.15. The molecule has 0 fully saturated rings. The fraction of sp³-hybridized carbons (Fsp3) is 0.333. The van der Waals surface area contributed by atoms with Gasteiger partial charge in [-0.05, 0) is 11.6 Å². The van der Waals surface area contributed by atoms with Crippen LogP contribution in [0.3, 0.4) is 0 Å². The molecule has 0 aliphatic heterocycles.